The Labute approximate surface area is 116 Å². The molecule has 0 N–H and O–H groups in total. The number of hydrogen-bond acceptors (Lipinski definition) is 3. The quantitative estimate of drug-likeness (QED) is 0.698. The van der Waals surface area contributed by atoms with Crippen LogP contribution in [0.15, 0.2) is 53.0 Å². The molecule has 0 aliphatic carbocycles. The van der Waals surface area contributed by atoms with Crippen molar-refractivity contribution in [2.24, 2.45) is 4.52 Å². The van der Waals surface area contributed by atoms with Gasteiger partial charge < -0.3 is 9.05 Å². The third-order valence-electron chi connectivity index (χ3n) is 2.56. The summed E-state index contributed by atoms with van der Waals surface area (Å²) in [6.45, 7) is 4.03. The second-order valence-corrected chi connectivity index (χ2v) is 5.53. The van der Waals surface area contributed by atoms with Crippen molar-refractivity contribution >= 4 is 17.6 Å². The topological polar surface area (TPSA) is 30.8 Å². The van der Waals surface area contributed by atoms with Crippen LogP contribution in [0.5, 0.6) is 11.5 Å². The highest BCUT2D eigenvalue weighted by Crippen LogP contribution is 2.29. The van der Waals surface area contributed by atoms with Crippen LogP contribution >= 0.6 is 17.6 Å². The molecular formula is C14H15NO2P2. The van der Waals surface area contributed by atoms with Crippen LogP contribution in [0.4, 0.5) is 0 Å². The minimum Gasteiger partial charge on any atom is -0.453 e. The molecule has 3 nitrogen and oxygen atoms in total. The molecular weight excluding hydrogens is 276 g/mol. The summed E-state index contributed by atoms with van der Waals surface area (Å²) >= 11 is 0. The molecule has 1 unspecified atom stereocenters. The maximum atomic E-state index is 5.58. The summed E-state index contributed by atoms with van der Waals surface area (Å²) in [6, 6.07) is 15.8. The molecule has 0 spiro atoms. The van der Waals surface area contributed by atoms with Gasteiger partial charge in [0.2, 0.25) is 17.6 Å². The first-order chi connectivity index (χ1) is 9.27. The highest BCUT2D eigenvalue weighted by Gasteiger charge is 1.97. The normalized spacial score (nSPS) is 11.3. The van der Waals surface area contributed by atoms with Gasteiger partial charge in [0.05, 0.1) is 0 Å². The third kappa shape index (κ3) is 4.31. The molecule has 2 aromatic rings. The van der Waals surface area contributed by atoms with E-state index in [2.05, 4.69) is 4.52 Å². The summed E-state index contributed by atoms with van der Waals surface area (Å²) in [5.41, 5.74) is 2.22. The van der Waals surface area contributed by atoms with Gasteiger partial charge in [-0.05, 0) is 37.1 Å². The smallest absolute Gasteiger partial charge is 0.249 e. The van der Waals surface area contributed by atoms with Crippen LogP contribution in [0.2, 0.25) is 0 Å². The molecule has 2 rings (SSSR count). The summed E-state index contributed by atoms with van der Waals surface area (Å²) in [5, 5.41) is 0. The Bertz CT molecular complexity index is 573. The number of para-hydroxylation sites is 2. The fraction of sp³-hybridized carbons (Fsp3) is 0.143. The van der Waals surface area contributed by atoms with Crippen LogP contribution in [0.1, 0.15) is 11.1 Å². The Morgan fingerprint density at radius 3 is 2.11 bits per heavy atom. The maximum Gasteiger partial charge on any atom is 0.249 e. The molecule has 0 fully saturated rings. The molecule has 0 amide bonds. The minimum absolute atomic E-state index is 0.0422. The molecule has 0 bridgehead atoms. The number of hydrogen-bond donors (Lipinski definition) is 0. The van der Waals surface area contributed by atoms with E-state index in [1.807, 2.05) is 62.4 Å². The first-order valence-electron chi connectivity index (χ1n) is 5.87. The molecule has 5 heteroatoms. The Morgan fingerprint density at radius 1 is 0.895 bits per heavy atom. The second-order valence-electron chi connectivity index (χ2n) is 4.00. The van der Waals surface area contributed by atoms with Gasteiger partial charge >= 0.3 is 0 Å². The fourth-order valence-corrected chi connectivity index (χ4v) is 2.56. The molecule has 0 radical (unpaired) electrons. The van der Waals surface area contributed by atoms with Crippen molar-refractivity contribution in [3.63, 3.8) is 0 Å². The zero-order valence-corrected chi connectivity index (χ0v) is 12.7. The lowest BCUT2D eigenvalue weighted by molar-refractivity contribution is 0.620. The van der Waals surface area contributed by atoms with E-state index in [0.717, 1.165) is 22.6 Å². The van der Waals surface area contributed by atoms with Crippen molar-refractivity contribution in [3.05, 3.63) is 59.7 Å². The van der Waals surface area contributed by atoms with Gasteiger partial charge in [0.1, 0.15) is 11.5 Å². The largest absolute Gasteiger partial charge is 0.453 e. The third-order valence-corrected chi connectivity index (χ3v) is 3.81. The number of aryl methyl sites for hydroxylation is 2. The van der Waals surface area contributed by atoms with Crippen LogP contribution in [0, 0.1) is 13.8 Å². The van der Waals surface area contributed by atoms with Crippen LogP contribution in [0.3, 0.4) is 0 Å². The second kappa shape index (κ2) is 7.23. The summed E-state index contributed by atoms with van der Waals surface area (Å²) in [4.78, 5) is 0. The predicted molar refractivity (Wildman–Crippen MR) is 81.3 cm³/mol. The summed E-state index contributed by atoms with van der Waals surface area (Å²) in [7, 11) is 0.605. The molecule has 1 atom stereocenters. The Hall–Kier alpha value is -1.43. The number of rotatable bonds is 5. The van der Waals surface area contributed by atoms with E-state index in [4.69, 9.17) is 9.05 Å². The Kier molecular flexibility index (Phi) is 5.32. The maximum absolute atomic E-state index is 5.58. The van der Waals surface area contributed by atoms with Gasteiger partial charge in [0.15, 0.2) is 0 Å². The van der Waals surface area contributed by atoms with Crippen molar-refractivity contribution in [3.8, 4) is 11.5 Å². The van der Waals surface area contributed by atoms with Gasteiger partial charge in [0.25, 0.3) is 0 Å². The van der Waals surface area contributed by atoms with Crippen molar-refractivity contribution in [1.82, 2.24) is 0 Å². The molecule has 0 aromatic heterocycles. The molecule has 98 valence electrons. The lowest BCUT2D eigenvalue weighted by atomic mass is 10.2. The zero-order valence-electron chi connectivity index (χ0n) is 10.8. The summed E-state index contributed by atoms with van der Waals surface area (Å²) < 4.78 is 15.3. The van der Waals surface area contributed by atoms with Crippen molar-refractivity contribution in [1.29, 1.82) is 0 Å². The highest BCUT2D eigenvalue weighted by molar-refractivity contribution is 7.39. The van der Waals surface area contributed by atoms with Crippen LogP contribution in [0.25, 0.3) is 0 Å². The fourth-order valence-electron chi connectivity index (χ4n) is 1.48. The molecule has 2 aromatic carbocycles. The lowest BCUT2D eigenvalue weighted by Crippen LogP contribution is -1.81. The number of benzene rings is 2. The van der Waals surface area contributed by atoms with E-state index >= 15 is 0 Å². The average molecular weight is 291 g/mol. The molecule has 0 aliphatic heterocycles. The zero-order chi connectivity index (χ0) is 13.5. The van der Waals surface area contributed by atoms with Gasteiger partial charge in [-0.2, -0.15) is 4.52 Å². The van der Waals surface area contributed by atoms with E-state index in [0.29, 0.717) is 8.60 Å². The molecule has 0 saturated heterocycles. The van der Waals surface area contributed by atoms with Gasteiger partial charge in [-0.15, -0.1) is 0 Å². The van der Waals surface area contributed by atoms with Crippen molar-refractivity contribution in [2.45, 2.75) is 13.8 Å². The van der Waals surface area contributed by atoms with Crippen molar-refractivity contribution < 1.29 is 9.05 Å². The molecule has 0 saturated carbocycles. The van der Waals surface area contributed by atoms with E-state index in [-0.39, 0.29) is 8.96 Å². The first-order valence-corrected chi connectivity index (χ1v) is 7.49. The van der Waals surface area contributed by atoms with Gasteiger partial charge in [-0.3, -0.25) is 0 Å². The summed E-state index contributed by atoms with van der Waals surface area (Å²) in [5.74, 6) is 1.73. The van der Waals surface area contributed by atoms with E-state index in [1.165, 1.54) is 0 Å². The van der Waals surface area contributed by atoms with Crippen molar-refractivity contribution in [2.75, 3.05) is 0 Å². The van der Waals surface area contributed by atoms with Gasteiger partial charge in [-0.25, -0.2) is 0 Å². The predicted octanol–water partition coefficient (Wildman–Crippen LogP) is 5.31. The molecule has 0 aliphatic rings. The van der Waals surface area contributed by atoms with Crippen LogP contribution in [-0.4, -0.2) is 0 Å². The minimum atomic E-state index is 0.0422. The lowest BCUT2D eigenvalue weighted by Gasteiger charge is -2.04. The SMILES string of the molecule is Cc1ccccc1OP=NPOc1ccccc1C. The van der Waals surface area contributed by atoms with E-state index in [1.54, 1.807) is 0 Å². The Morgan fingerprint density at radius 2 is 1.47 bits per heavy atom. The van der Waals surface area contributed by atoms with Gasteiger partial charge in [0, 0.05) is 0 Å². The van der Waals surface area contributed by atoms with E-state index < -0.39 is 0 Å². The molecule has 19 heavy (non-hydrogen) atoms. The van der Waals surface area contributed by atoms with E-state index in [9.17, 15) is 0 Å². The number of nitrogens with zero attached hydrogens (tertiary/aromatic N) is 1. The highest BCUT2D eigenvalue weighted by atomic mass is 31.1. The molecule has 0 heterocycles. The summed E-state index contributed by atoms with van der Waals surface area (Å²) in [6.07, 6.45) is 0. The first kappa shape index (κ1) is 14.0. The van der Waals surface area contributed by atoms with Gasteiger partial charge in [-0.1, -0.05) is 36.4 Å². The monoisotopic (exact) mass is 291 g/mol. The van der Waals surface area contributed by atoms with Crippen LogP contribution in [-0.2, 0) is 0 Å². The standard InChI is InChI=1S/C14H15NO2P2/c1-11-7-3-5-9-13(11)16-18-15-19-17-14-10-6-4-8-12(14)2/h3-10,18H,1-2H3. The van der Waals surface area contributed by atoms with Crippen LogP contribution < -0.4 is 9.05 Å². The average Bonchev–Trinajstić information content (AvgIpc) is 2.42. The Balaban J connectivity index is 1.82.